The number of methoxy groups -OCH3 is 1. The van der Waals surface area contributed by atoms with Gasteiger partial charge in [-0.2, -0.15) is 0 Å². The van der Waals surface area contributed by atoms with Crippen LogP contribution in [0.25, 0.3) is 5.69 Å². The maximum Gasteiger partial charge on any atom is 0.225 e. The van der Waals surface area contributed by atoms with E-state index in [1.165, 1.54) is 15.3 Å². The number of aromatic nitrogens is 3. The Bertz CT molecular complexity index is 1230. The second-order valence-electron chi connectivity index (χ2n) is 7.31. The number of rotatable bonds is 10. The van der Waals surface area contributed by atoms with E-state index < -0.39 is 0 Å². The van der Waals surface area contributed by atoms with Gasteiger partial charge in [0, 0.05) is 38.9 Å². The molecule has 0 fully saturated rings. The highest BCUT2D eigenvalue weighted by Crippen LogP contribution is 2.24. The van der Waals surface area contributed by atoms with E-state index in [9.17, 15) is 4.79 Å². The number of carbonyl (C=O) groups excluding carboxylic acids is 1. The molecule has 0 unspecified atom stereocenters. The first-order valence-electron chi connectivity index (χ1n) is 10.7. The minimum atomic E-state index is -0.0628. The zero-order valence-electron chi connectivity index (χ0n) is 18.6. The molecule has 0 saturated heterocycles. The van der Waals surface area contributed by atoms with Crippen LogP contribution in [0.2, 0.25) is 0 Å². The highest BCUT2D eigenvalue weighted by Gasteiger charge is 2.15. The lowest BCUT2D eigenvalue weighted by Crippen LogP contribution is -2.12. The molecule has 0 aliphatic rings. The Kier molecular flexibility index (Phi) is 8.42. The third-order valence-electron chi connectivity index (χ3n) is 4.92. The first-order chi connectivity index (χ1) is 16.6. The van der Waals surface area contributed by atoms with Crippen molar-refractivity contribution in [3.63, 3.8) is 0 Å². The van der Waals surface area contributed by atoms with Gasteiger partial charge in [-0.1, -0.05) is 36.0 Å². The fraction of sp³-hybridized carbons (Fsp3) is 0.160. The van der Waals surface area contributed by atoms with Crippen molar-refractivity contribution in [1.82, 2.24) is 14.8 Å². The first-order valence-corrected chi connectivity index (χ1v) is 12.7. The maximum absolute atomic E-state index is 12.4. The van der Waals surface area contributed by atoms with E-state index in [2.05, 4.69) is 55.6 Å². The van der Waals surface area contributed by atoms with Gasteiger partial charge in [0.25, 0.3) is 0 Å². The van der Waals surface area contributed by atoms with Gasteiger partial charge in [0.2, 0.25) is 5.91 Å². The number of halogens is 1. The fourth-order valence-corrected chi connectivity index (χ4v) is 4.52. The van der Waals surface area contributed by atoms with Crippen molar-refractivity contribution in [2.24, 2.45) is 0 Å². The number of nitrogens with one attached hydrogen (secondary N) is 2. The summed E-state index contributed by atoms with van der Waals surface area (Å²) in [5, 5.41) is 15.9. The predicted molar refractivity (Wildman–Crippen MR) is 145 cm³/mol. The van der Waals surface area contributed by atoms with Crippen LogP contribution >= 0.6 is 34.4 Å². The van der Waals surface area contributed by atoms with Crippen LogP contribution in [0.1, 0.15) is 12.2 Å². The number of thioether (sulfide) groups is 1. The van der Waals surface area contributed by atoms with E-state index in [1.807, 2.05) is 65.2 Å². The molecule has 1 heterocycles. The Hall–Kier alpha value is -3.05. The number of nitrogens with zero attached hydrogens (tertiary/aromatic N) is 3. The van der Waals surface area contributed by atoms with Crippen molar-refractivity contribution in [1.29, 1.82) is 0 Å². The Balaban J connectivity index is 1.41. The minimum absolute atomic E-state index is 0.0628. The van der Waals surface area contributed by atoms with Gasteiger partial charge in [0.05, 0.1) is 13.7 Å². The van der Waals surface area contributed by atoms with E-state index in [4.69, 9.17) is 4.74 Å². The molecule has 3 aromatic carbocycles. The summed E-state index contributed by atoms with van der Waals surface area (Å²) in [4.78, 5) is 12.4. The number of anilines is 2. The molecule has 7 nitrogen and oxygen atoms in total. The molecule has 4 rings (SSSR count). The summed E-state index contributed by atoms with van der Waals surface area (Å²) in [5.41, 5.74) is 2.72. The summed E-state index contributed by atoms with van der Waals surface area (Å²) < 4.78 is 8.42. The number of benzene rings is 3. The van der Waals surface area contributed by atoms with Gasteiger partial charge >= 0.3 is 0 Å². The van der Waals surface area contributed by atoms with Gasteiger partial charge in [0.1, 0.15) is 5.75 Å². The number of hydrogen-bond acceptors (Lipinski definition) is 6. The summed E-state index contributed by atoms with van der Waals surface area (Å²) in [5.74, 6) is 2.01. The van der Waals surface area contributed by atoms with Gasteiger partial charge in [-0.25, -0.2) is 0 Å². The summed E-state index contributed by atoms with van der Waals surface area (Å²) >= 11 is 3.80. The summed E-state index contributed by atoms with van der Waals surface area (Å²) in [6.07, 6.45) is 0.347. The average Bonchev–Trinajstić information content (AvgIpc) is 3.27. The normalized spacial score (nSPS) is 10.6. The Morgan fingerprint density at radius 2 is 1.79 bits per heavy atom. The highest BCUT2D eigenvalue weighted by molar-refractivity contribution is 14.1. The molecule has 174 valence electrons. The van der Waals surface area contributed by atoms with E-state index in [0.29, 0.717) is 30.2 Å². The Morgan fingerprint density at radius 3 is 2.56 bits per heavy atom. The smallest absolute Gasteiger partial charge is 0.225 e. The van der Waals surface area contributed by atoms with Crippen LogP contribution in [-0.4, -0.2) is 33.5 Å². The average molecular weight is 585 g/mol. The summed E-state index contributed by atoms with van der Waals surface area (Å²) in [6.45, 7) is 0.527. The molecule has 34 heavy (non-hydrogen) atoms. The lowest BCUT2D eigenvalue weighted by molar-refractivity contribution is -0.115. The quantitative estimate of drug-likeness (QED) is 0.186. The monoisotopic (exact) mass is 585 g/mol. The molecule has 0 bridgehead atoms. The van der Waals surface area contributed by atoms with Gasteiger partial charge in [-0.3, -0.25) is 9.36 Å². The van der Waals surface area contributed by atoms with Crippen molar-refractivity contribution in [3.05, 3.63) is 88.3 Å². The van der Waals surface area contributed by atoms with Crippen molar-refractivity contribution in [3.8, 4) is 11.4 Å². The van der Waals surface area contributed by atoms with E-state index in [0.717, 1.165) is 22.4 Å². The van der Waals surface area contributed by atoms with Gasteiger partial charge in [-0.05, 0) is 71.1 Å². The van der Waals surface area contributed by atoms with Crippen LogP contribution < -0.4 is 15.4 Å². The lowest BCUT2D eigenvalue weighted by atomic mass is 10.3. The molecule has 4 aromatic rings. The van der Waals surface area contributed by atoms with Gasteiger partial charge < -0.3 is 15.4 Å². The van der Waals surface area contributed by atoms with Crippen LogP contribution in [0, 0.1) is 3.57 Å². The molecule has 9 heteroatoms. The standard InChI is InChI=1S/C25H24IN5O2S/c1-33-22-9-5-6-20(16-22)28-24(32)14-15-34-25-30-29-23(31(25)21-7-3-2-4-8-21)17-27-19-12-10-18(26)11-13-19/h2-13,16,27H,14-15,17H2,1H3,(H,28,32). The third kappa shape index (κ3) is 6.51. The molecule has 0 aliphatic carbocycles. The molecular formula is C25H24IN5O2S. The molecule has 0 aliphatic heterocycles. The van der Waals surface area contributed by atoms with Gasteiger partial charge in [0.15, 0.2) is 11.0 Å². The molecule has 1 amide bonds. The number of para-hydroxylation sites is 1. The minimum Gasteiger partial charge on any atom is -0.497 e. The largest absolute Gasteiger partial charge is 0.497 e. The number of hydrogen-bond donors (Lipinski definition) is 2. The van der Waals surface area contributed by atoms with E-state index in [-0.39, 0.29) is 5.91 Å². The van der Waals surface area contributed by atoms with Crippen molar-refractivity contribution in [2.75, 3.05) is 23.5 Å². The number of carbonyl (C=O) groups is 1. The van der Waals surface area contributed by atoms with Crippen molar-refractivity contribution < 1.29 is 9.53 Å². The SMILES string of the molecule is COc1cccc(NC(=O)CCSc2nnc(CNc3ccc(I)cc3)n2-c2ccccc2)c1. The van der Waals surface area contributed by atoms with Crippen LogP contribution in [0.5, 0.6) is 5.75 Å². The molecule has 2 N–H and O–H groups in total. The lowest BCUT2D eigenvalue weighted by Gasteiger charge is -2.11. The van der Waals surface area contributed by atoms with Crippen LogP contribution in [0.15, 0.2) is 84.0 Å². The second kappa shape index (κ2) is 11.9. The highest BCUT2D eigenvalue weighted by atomic mass is 127. The van der Waals surface area contributed by atoms with Crippen LogP contribution in [0.4, 0.5) is 11.4 Å². The molecular weight excluding hydrogens is 561 g/mol. The second-order valence-corrected chi connectivity index (χ2v) is 9.62. The Morgan fingerprint density at radius 1 is 1.00 bits per heavy atom. The zero-order valence-corrected chi connectivity index (χ0v) is 21.5. The first kappa shape index (κ1) is 24.1. The van der Waals surface area contributed by atoms with Gasteiger partial charge in [-0.15, -0.1) is 10.2 Å². The van der Waals surface area contributed by atoms with Crippen molar-refractivity contribution >= 4 is 51.6 Å². The third-order valence-corrected chi connectivity index (χ3v) is 6.57. The van der Waals surface area contributed by atoms with Crippen LogP contribution in [0.3, 0.4) is 0 Å². The van der Waals surface area contributed by atoms with Crippen molar-refractivity contribution in [2.45, 2.75) is 18.1 Å². The predicted octanol–water partition coefficient (Wildman–Crippen LogP) is 5.61. The molecule has 1 aromatic heterocycles. The van der Waals surface area contributed by atoms with E-state index in [1.54, 1.807) is 13.2 Å². The maximum atomic E-state index is 12.4. The molecule has 0 radical (unpaired) electrons. The summed E-state index contributed by atoms with van der Waals surface area (Å²) in [6, 6.07) is 25.5. The van der Waals surface area contributed by atoms with Crippen LogP contribution in [-0.2, 0) is 11.3 Å². The topological polar surface area (TPSA) is 81.1 Å². The molecule has 0 saturated carbocycles. The number of ether oxygens (including phenoxy) is 1. The summed E-state index contributed by atoms with van der Waals surface area (Å²) in [7, 11) is 1.60. The zero-order chi connectivity index (χ0) is 23.8. The molecule has 0 spiro atoms. The fourth-order valence-electron chi connectivity index (χ4n) is 3.25. The molecule has 0 atom stereocenters. The van der Waals surface area contributed by atoms with E-state index >= 15 is 0 Å². The Labute approximate surface area is 216 Å². The number of amides is 1.